The number of methoxy groups -OCH3 is 3. The van der Waals surface area contributed by atoms with Gasteiger partial charge in [-0.3, -0.25) is 14.2 Å². The number of carbonyl (C=O) groups excluding carboxylic acids is 1. The van der Waals surface area contributed by atoms with Gasteiger partial charge in [-0.1, -0.05) is 11.8 Å². The summed E-state index contributed by atoms with van der Waals surface area (Å²) in [5.74, 6) is 1.74. The van der Waals surface area contributed by atoms with Crippen molar-refractivity contribution >= 4 is 45.4 Å². The topological polar surface area (TPSA) is 113 Å². The third-order valence-corrected chi connectivity index (χ3v) is 8.95. The average molecular weight is 609 g/mol. The molecule has 0 fully saturated rings. The summed E-state index contributed by atoms with van der Waals surface area (Å²) in [5, 5.41) is 5.22. The normalized spacial score (nSPS) is 12.8. The molecule has 42 heavy (non-hydrogen) atoms. The second-order valence-corrected chi connectivity index (χ2v) is 11.4. The molecule has 0 saturated carbocycles. The molecule has 0 saturated heterocycles. The molecule has 220 valence electrons. The molecule has 0 radical (unpaired) electrons. The quantitative estimate of drug-likeness (QED) is 0.110. The van der Waals surface area contributed by atoms with E-state index in [1.54, 1.807) is 28.0 Å². The molecule has 0 spiro atoms. The van der Waals surface area contributed by atoms with Gasteiger partial charge in [-0.2, -0.15) is 5.10 Å². The molecule has 1 aliphatic carbocycles. The number of nitrogens with zero attached hydrogens (tertiary/aromatic N) is 3. The zero-order valence-electron chi connectivity index (χ0n) is 23.9. The molecule has 0 bridgehead atoms. The van der Waals surface area contributed by atoms with E-state index in [9.17, 15) is 9.59 Å². The lowest BCUT2D eigenvalue weighted by molar-refractivity contribution is -0.118. The van der Waals surface area contributed by atoms with Crippen molar-refractivity contribution in [1.82, 2.24) is 15.0 Å². The number of fused-ring (bicyclic) bond motifs is 3. The van der Waals surface area contributed by atoms with Gasteiger partial charge >= 0.3 is 0 Å². The monoisotopic (exact) mass is 608 g/mol. The number of ether oxygens (including phenoxy) is 4. The Balaban J connectivity index is 1.40. The van der Waals surface area contributed by atoms with Crippen LogP contribution in [0.15, 0.2) is 51.5 Å². The van der Waals surface area contributed by atoms with E-state index < -0.39 is 0 Å². The first-order valence-corrected chi connectivity index (χ1v) is 15.3. The maximum Gasteiger partial charge on any atom is 0.267 e. The summed E-state index contributed by atoms with van der Waals surface area (Å²) in [6.07, 6.45) is 5.50. The third kappa shape index (κ3) is 5.95. The SMILES string of the molecule is CCOc1ccc(-n2c(SCC(=O)NN=Cc3ccc(OC)c(OC)c3OC)nc3sc4c(c3c2=O)CCCC4)cc1. The predicted octanol–water partition coefficient (Wildman–Crippen LogP) is 4.99. The first-order chi connectivity index (χ1) is 20.5. The van der Waals surface area contributed by atoms with Crippen molar-refractivity contribution in [2.24, 2.45) is 5.10 Å². The molecule has 1 amide bonds. The molecule has 2 heterocycles. The van der Waals surface area contributed by atoms with Crippen molar-refractivity contribution in [1.29, 1.82) is 0 Å². The van der Waals surface area contributed by atoms with E-state index >= 15 is 0 Å². The Morgan fingerprint density at radius 3 is 2.55 bits per heavy atom. The minimum Gasteiger partial charge on any atom is -0.494 e. The number of rotatable bonds is 11. The first-order valence-electron chi connectivity index (χ1n) is 13.5. The molecular formula is C30H32N4O6S2. The Bertz CT molecular complexity index is 1680. The fourth-order valence-electron chi connectivity index (χ4n) is 4.93. The minimum absolute atomic E-state index is 0.000470. The van der Waals surface area contributed by atoms with Gasteiger partial charge in [0.2, 0.25) is 5.75 Å². The van der Waals surface area contributed by atoms with Gasteiger partial charge in [0.15, 0.2) is 16.7 Å². The third-order valence-electron chi connectivity index (χ3n) is 6.82. The van der Waals surface area contributed by atoms with E-state index in [0.29, 0.717) is 51.4 Å². The Morgan fingerprint density at radius 1 is 1.07 bits per heavy atom. The number of amides is 1. The van der Waals surface area contributed by atoms with E-state index in [1.165, 1.54) is 44.2 Å². The lowest BCUT2D eigenvalue weighted by atomic mass is 9.97. The number of thiophene rings is 1. The van der Waals surface area contributed by atoms with Gasteiger partial charge in [0, 0.05) is 10.4 Å². The van der Waals surface area contributed by atoms with E-state index in [4.69, 9.17) is 23.9 Å². The van der Waals surface area contributed by atoms with Crippen LogP contribution in [-0.2, 0) is 17.6 Å². The highest BCUT2D eigenvalue weighted by Crippen LogP contribution is 2.39. The standard InChI is InChI=1S/C30H32N4O6S2/c1-5-40-20-13-11-19(12-14-20)34-29(36)25-21-8-6-7-9-23(21)42-28(25)32-30(34)41-17-24(35)33-31-16-18-10-15-22(37-2)27(39-4)26(18)38-3/h10-16H,5-9,17H2,1-4H3,(H,33,35). The van der Waals surface area contributed by atoms with Crippen LogP contribution in [0.5, 0.6) is 23.0 Å². The van der Waals surface area contributed by atoms with Gasteiger partial charge in [0.1, 0.15) is 10.6 Å². The average Bonchev–Trinajstić information content (AvgIpc) is 3.39. The van der Waals surface area contributed by atoms with Crippen LogP contribution in [0, 0.1) is 0 Å². The predicted molar refractivity (Wildman–Crippen MR) is 166 cm³/mol. The van der Waals surface area contributed by atoms with Crippen molar-refractivity contribution < 1.29 is 23.7 Å². The molecule has 0 unspecified atom stereocenters. The smallest absolute Gasteiger partial charge is 0.267 e. The highest BCUT2D eigenvalue weighted by Gasteiger charge is 2.23. The van der Waals surface area contributed by atoms with Crippen molar-refractivity contribution in [2.75, 3.05) is 33.7 Å². The fraction of sp³-hybridized carbons (Fsp3) is 0.333. The molecule has 2 aromatic carbocycles. The highest BCUT2D eigenvalue weighted by molar-refractivity contribution is 7.99. The van der Waals surface area contributed by atoms with E-state index in [2.05, 4.69) is 10.5 Å². The molecule has 4 aromatic rings. The van der Waals surface area contributed by atoms with Crippen LogP contribution in [0.4, 0.5) is 0 Å². The maximum atomic E-state index is 14.0. The molecular weight excluding hydrogens is 576 g/mol. The van der Waals surface area contributed by atoms with Gasteiger partial charge < -0.3 is 18.9 Å². The summed E-state index contributed by atoms with van der Waals surface area (Å²) in [7, 11) is 4.57. The number of aryl methyl sites for hydroxylation is 2. The molecule has 0 aliphatic heterocycles. The van der Waals surface area contributed by atoms with Gasteiger partial charge in [0.05, 0.1) is 51.0 Å². The Kier molecular flexibility index (Phi) is 9.33. The number of hydrazone groups is 1. The lowest BCUT2D eigenvalue weighted by Gasteiger charge is -2.14. The number of thioether (sulfide) groups is 1. The Hall–Kier alpha value is -4.03. The Morgan fingerprint density at radius 2 is 1.83 bits per heavy atom. The van der Waals surface area contributed by atoms with Gasteiger partial charge in [-0.15, -0.1) is 11.3 Å². The molecule has 2 aromatic heterocycles. The summed E-state index contributed by atoms with van der Waals surface area (Å²) < 4.78 is 23.4. The lowest BCUT2D eigenvalue weighted by Crippen LogP contribution is -2.24. The zero-order chi connectivity index (χ0) is 29.6. The number of hydrogen-bond acceptors (Lipinski definition) is 10. The van der Waals surface area contributed by atoms with Gasteiger partial charge in [-0.25, -0.2) is 10.4 Å². The molecule has 5 rings (SSSR count). The van der Waals surface area contributed by atoms with Crippen molar-refractivity contribution in [3.05, 3.63) is 62.8 Å². The zero-order valence-corrected chi connectivity index (χ0v) is 25.5. The summed E-state index contributed by atoms with van der Waals surface area (Å²) in [6.45, 7) is 2.47. The molecule has 0 atom stereocenters. The summed E-state index contributed by atoms with van der Waals surface area (Å²) in [4.78, 5) is 33.6. The molecule has 1 N–H and O–H groups in total. The van der Waals surface area contributed by atoms with Crippen LogP contribution in [-0.4, -0.2) is 55.4 Å². The van der Waals surface area contributed by atoms with Crippen LogP contribution in [0.2, 0.25) is 0 Å². The second kappa shape index (κ2) is 13.3. The van der Waals surface area contributed by atoms with Crippen LogP contribution in [0.25, 0.3) is 15.9 Å². The van der Waals surface area contributed by atoms with Gasteiger partial charge in [-0.05, 0) is 74.6 Å². The molecule has 1 aliphatic rings. The Labute approximate surface area is 251 Å². The van der Waals surface area contributed by atoms with Crippen molar-refractivity contribution in [2.45, 2.75) is 37.8 Å². The fourth-order valence-corrected chi connectivity index (χ4v) is 7.04. The van der Waals surface area contributed by atoms with Crippen molar-refractivity contribution in [3.8, 4) is 28.7 Å². The minimum atomic E-state index is -0.353. The number of hydrogen-bond donors (Lipinski definition) is 1. The highest BCUT2D eigenvalue weighted by atomic mass is 32.2. The summed E-state index contributed by atoms with van der Waals surface area (Å²) in [5.41, 5.74) is 4.80. The van der Waals surface area contributed by atoms with Crippen LogP contribution in [0.1, 0.15) is 35.8 Å². The molecule has 10 nitrogen and oxygen atoms in total. The number of aromatic nitrogens is 2. The van der Waals surface area contributed by atoms with Crippen LogP contribution < -0.4 is 29.9 Å². The molecule has 12 heteroatoms. The number of carbonyl (C=O) groups is 1. The summed E-state index contributed by atoms with van der Waals surface area (Å²) in [6, 6.07) is 10.8. The first kappa shape index (κ1) is 29.5. The van der Waals surface area contributed by atoms with Gasteiger partial charge in [0.25, 0.3) is 11.5 Å². The van der Waals surface area contributed by atoms with Crippen LogP contribution in [0.3, 0.4) is 0 Å². The summed E-state index contributed by atoms with van der Waals surface area (Å²) >= 11 is 2.77. The second-order valence-electron chi connectivity index (χ2n) is 9.36. The number of benzene rings is 2. The number of nitrogens with one attached hydrogen (secondary N) is 1. The maximum absolute atomic E-state index is 14.0. The van der Waals surface area contributed by atoms with E-state index in [-0.39, 0.29) is 17.2 Å². The van der Waals surface area contributed by atoms with Crippen molar-refractivity contribution in [3.63, 3.8) is 0 Å². The van der Waals surface area contributed by atoms with E-state index in [0.717, 1.165) is 36.1 Å². The largest absolute Gasteiger partial charge is 0.494 e. The van der Waals surface area contributed by atoms with Crippen LogP contribution >= 0.6 is 23.1 Å². The van der Waals surface area contributed by atoms with E-state index in [1.807, 2.05) is 31.2 Å².